The van der Waals surface area contributed by atoms with Crippen molar-refractivity contribution in [1.29, 1.82) is 0 Å². The standard InChI is InChI=1S/C12H27NO2S/c1-5-8-9-16(14,15)10-12(13-7-3)11(4)6-2/h11-13H,5-10H2,1-4H3. The van der Waals surface area contributed by atoms with Crippen LogP contribution in [0.1, 0.15) is 47.0 Å². The highest BCUT2D eigenvalue weighted by molar-refractivity contribution is 7.91. The van der Waals surface area contributed by atoms with Gasteiger partial charge < -0.3 is 5.32 Å². The van der Waals surface area contributed by atoms with Gasteiger partial charge in [-0.15, -0.1) is 0 Å². The Morgan fingerprint density at radius 3 is 2.25 bits per heavy atom. The van der Waals surface area contributed by atoms with E-state index in [2.05, 4.69) is 19.2 Å². The number of hydrogen-bond acceptors (Lipinski definition) is 3. The first-order chi connectivity index (χ1) is 7.46. The van der Waals surface area contributed by atoms with E-state index in [0.717, 1.165) is 25.8 Å². The van der Waals surface area contributed by atoms with Gasteiger partial charge in [0.25, 0.3) is 0 Å². The van der Waals surface area contributed by atoms with Crippen LogP contribution in [-0.4, -0.2) is 32.5 Å². The molecule has 0 spiro atoms. The van der Waals surface area contributed by atoms with Gasteiger partial charge >= 0.3 is 0 Å². The maximum absolute atomic E-state index is 11.9. The first-order valence-corrected chi connectivity index (χ1v) is 8.22. The predicted octanol–water partition coefficient (Wildman–Crippen LogP) is 2.23. The summed E-state index contributed by atoms with van der Waals surface area (Å²) in [6.45, 7) is 9.09. The molecule has 0 aliphatic rings. The zero-order valence-electron chi connectivity index (χ0n) is 11.1. The van der Waals surface area contributed by atoms with Gasteiger partial charge in [-0.05, 0) is 18.9 Å². The molecule has 0 aliphatic carbocycles. The van der Waals surface area contributed by atoms with Gasteiger partial charge in [-0.1, -0.05) is 40.5 Å². The summed E-state index contributed by atoms with van der Waals surface area (Å²) in [7, 11) is -2.88. The van der Waals surface area contributed by atoms with E-state index in [0.29, 0.717) is 11.7 Å². The topological polar surface area (TPSA) is 46.2 Å². The second kappa shape index (κ2) is 8.07. The van der Waals surface area contributed by atoms with E-state index in [-0.39, 0.29) is 11.8 Å². The van der Waals surface area contributed by atoms with Crippen LogP contribution in [0.25, 0.3) is 0 Å². The molecule has 2 atom stereocenters. The minimum absolute atomic E-state index is 0.108. The first kappa shape index (κ1) is 15.9. The summed E-state index contributed by atoms with van der Waals surface area (Å²) < 4.78 is 23.7. The molecular weight excluding hydrogens is 222 g/mol. The van der Waals surface area contributed by atoms with Gasteiger partial charge in [-0.3, -0.25) is 0 Å². The number of hydrogen-bond donors (Lipinski definition) is 1. The Hall–Kier alpha value is -0.0900. The molecule has 0 aromatic rings. The summed E-state index contributed by atoms with van der Waals surface area (Å²) in [5, 5.41) is 3.29. The third-order valence-corrected chi connectivity index (χ3v) is 4.82. The van der Waals surface area contributed by atoms with Crippen LogP contribution in [0.2, 0.25) is 0 Å². The lowest BCUT2D eigenvalue weighted by Gasteiger charge is -2.23. The van der Waals surface area contributed by atoms with Gasteiger partial charge in [-0.2, -0.15) is 0 Å². The van der Waals surface area contributed by atoms with Crippen molar-refractivity contribution >= 4 is 9.84 Å². The molecule has 2 unspecified atom stereocenters. The largest absolute Gasteiger partial charge is 0.313 e. The first-order valence-electron chi connectivity index (χ1n) is 6.40. The van der Waals surface area contributed by atoms with Crippen molar-refractivity contribution in [1.82, 2.24) is 5.32 Å². The third-order valence-electron chi connectivity index (χ3n) is 3.04. The van der Waals surface area contributed by atoms with E-state index in [9.17, 15) is 8.42 Å². The molecule has 4 heteroatoms. The summed E-state index contributed by atoms with van der Waals surface area (Å²) in [4.78, 5) is 0. The lowest BCUT2D eigenvalue weighted by Crippen LogP contribution is -2.41. The van der Waals surface area contributed by atoms with E-state index >= 15 is 0 Å². The quantitative estimate of drug-likeness (QED) is 0.681. The molecule has 0 bridgehead atoms. The average molecular weight is 249 g/mol. The fourth-order valence-electron chi connectivity index (χ4n) is 1.69. The Balaban J connectivity index is 4.37. The molecule has 0 aliphatic heterocycles. The fraction of sp³-hybridized carbons (Fsp3) is 1.00. The maximum atomic E-state index is 11.9. The van der Waals surface area contributed by atoms with Crippen LogP contribution in [0, 0.1) is 5.92 Å². The molecule has 0 aromatic carbocycles. The molecule has 0 fully saturated rings. The molecule has 0 saturated heterocycles. The molecule has 16 heavy (non-hydrogen) atoms. The van der Waals surface area contributed by atoms with Gasteiger partial charge in [-0.25, -0.2) is 8.42 Å². The van der Waals surface area contributed by atoms with Crippen molar-refractivity contribution in [3.8, 4) is 0 Å². The summed E-state index contributed by atoms with van der Waals surface area (Å²) in [5.41, 5.74) is 0. The average Bonchev–Trinajstić information content (AvgIpc) is 2.24. The molecule has 1 N–H and O–H groups in total. The van der Waals surface area contributed by atoms with Crippen molar-refractivity contribution < 1.29 is 8.42 Å². The second-order valence-electron chi connectivity index (χ2n) is 4.52. The van der Waals surface area contributed by atoms with E-state index in [1.165, 1.54) is 0 Å². The number of rotatable bonds is 9. The summed E-state index contributed by atoms with van der Waals surface area (Å²) in [6, 6.07) is 0.108. The molecule has 0 aromatic heterocycles. The molecule has 0 heterocycles. The van der Waals surface area contributed by atoms with Crippen LogP contribution >= 0.6 is 0 Å². The van der Waals surface area contributed by atoms with Gasteiger partial charge in [0, 0.05) is 6.04 Å². The molecule has 0 saturated carbocycles. The highest BCUT2D eigenvalue weighted by atomic mass is 32.2. The van der Waals surface area contributed by atoms with E-state index < -0.39 is 9.84 Å². The monoisotopic (exact) mass is 249 g/mol. The van der Waals surface area contributed by atoms with Crippen molar-refractivity contribution in [2.24, 2.45) is 5.92 Å². The van der Waals surface area contributed by atoms with Crippen LogP contribution in [0.15, 0.2) is 0 Å². The molecule has 0 rings (SSSR count). The minimum Gasteiger partial charge on any atom is -0.313 e. The van der Waals surface area contributed by atoms with Crippen molar-refractivity contribution in [2.75, 3.05) is 18.1 Å². The third kappa shape index (κ3) is 6.48. The summed E-state index contributed by atoms with van der Waals surface area (Å²) in [5.74, 6) is 1.04. The van der Waals surface area contributed by atoms with Crippen LogP contribution in [0.5, 0.6) is 0 Å². The molecule has 98 valence electrons. The highest BCUT2D eigenvalue weighted by Crippen LogP contribution is 2.11. The lowest BCUT2D eigenvalue weighted by atomic mass is 10.0. The zero-order chi connectivity index (χ0) is 12.6. The van der Waals surface area contributed by atoms with Crippen LogP contribution < -0.4 is 5.32 Å². The van der Waals surface area contributed by atoms with Gasteiger partial charge in [0.2, 0.25) is 0 Å². The Morgan fingerprint density at radius 1 is 1.19 bits per heavy atom. The molecular formula is C12H27NO2S. The zero-order valence-corrected chi connectivity index (χ0v) is 11.9. The normalized spacial score (nSPS) is 16.0. The lowest BCUT2D eigenvalue weighted by molar-refractivity contribution is 0.397. The Bertz CT molecular complexity index is 262. The number of sulfone groups is 1. The van der Waals surface area contributed by atoms with Gasteiger partial charge in [0.05, 0.1) is 11.5 Å². The summed E-state index contributed by atoms with van der Waals surface area (Å²) in [6.07, 6.45) is 2.73. The van der Waals surface area contributed by atoms with Crippen molar-refractivity contribution in [2.45, 2.75) is 53.0 Å². The SMILES string of the molecule is CCCCS(=O)(=O)CC(NCC)C(C)CC. The van der Waals surface area contributed by atoms with Gasteiger partial charge in [0.1, 0.15) is 0 Å². The maximum Gasteiger partial charge on any atom is 0.151 e. The Kier molecular flexibility index (Phi) is 8.02. The fourth-order valence-corrected chi connectivity index (χ4v) is 3.58. The van der Waals surface area contributed by atoms with Crippen LogP contribution in [-0.2, 0) is 9.84 Å². The molecule has 3 nitrogen and oxygen atoms in total. The number of unbranched alkanes of at least 4 members (excludes halogenated alkanes) is 1. The Labute approximate surface area is 101 Å². The smallest absolute Gasteiger partial charge is 0.151 e. The summed E-state index contributed by atoms with van der Waals surface area (Å²) >= 11 is 0. The van der Waals surface area contributed by atoms with Gasteiger partial charge in [0.15, 0.2) is 9.84 Å². The minimum atomic E-state index is -2.88. The van der Waals surface area contributed by atoms with Crippen molar-refractivity contribution in [3.05, 3.63) is 0 Å². The van der Waals surface area contributed by atoms with Crippen LogP contribution in [0.4, 0.5) is 0 Å². The second-order valence-corrected chi connectivity index (χ2v) is 6.75. The van der Waals surface area contributed by atoms with Crippen LogP contribution in [0.3, 0.4) is 0 Å². The predicted molar refractivity (Wildman–Crippen MR) is 70.5 cm³/mol. The number of nitrogens with one attached hydrogen (secondary N) is 1. The highest BCUT2D eigenvalue weighted by Gasteiger charge is 2.22. The van der Waals surface area contributed by atoms with E-state index in [1.807, 2.05) is 13.8 Å². The van der Waals surface area contributed by atoms with E-state index in [1.54, 1.807) is 0 Å². The Morgan fingerprint density at radius 2 is 1.81 bits per heavy atom. The molecule has 0 radical (unpaired) electrons. The van der Waals surface area contributed by atoms with Crippen molar-refractivity contribution in [3.63, 3.8) is 0 Å². The molecule has 0 amide bonds. The van der Waals surface area contributed by atoms with E-state index in [4.69, 9.17) is 0 Å².